The van der Waals surface area contributed by atoms with Gasteiger partial charge in [0, 0.05) is 5.56 Å². The predicted molar refractivity (Wildman–Crippen MR) is 88.8 cm³/mol. The van der Waals surface area contributed by atoms with Gasteiger partial charge in [-0.3, -0.25) is 0 Å². The molecule has 0 bridgehead atoms. The van der Waals surface area contributed by atoms with E-state index in [1.54, 1.807) is 12.4 Å². The van der Waals surface area contributed by atoms with Crippen LogP contribution < -0.4 is 4.74 Å². The summed E-state index contributed by atoms with van der Waals surface area (Å²) in [5.41, 5.74) is 2.28. The van der Waals surface area contributed by atoms with Crippen LogP contribution in [-0.4, -0.2) is 16.6 Å². The summed E-state index contributed by atoms with van der Waals surface area (Å²) in [6.07, 6.45) is 8.79. The van der Waals surface area contributed by atoms with Crippen molar-refractivity contribution < 1.29 is 4.74 Å². The molecule has 2 aromatic rings. The Morgan fingerprint density at radius 3 is 2.27 bits per heavy atom. The molecule has 1 aromatic heterocycles. The molecule has 116 valence electrons. The molecule has 0 spiro atoms. The van der Waals surface area contributed by atoms with E-state index in [0.29, 0.717) is 5.92 Å². The molecule has 3 rings (SSSR count). The molecule has 1 aliphatic carbocycles. The number of rotatable bonds is 4. The monoisotopic (exact) mass is 296 g/mol. The molecule has 22 heavy (non-hydrogen) atoms. The van der Waals surface area contributed by atoms with E-state index in [4.69, 9.17) is 4.74 Å². The van der Waals surface area contributed by atoms with Crippen LogP contribution in [0.5, 0.6) is 5.75 Å². The number of aryl methyl sites for hydroxylation is 1. The second kappa shape index (κ2) is 6.91. The molecule has 0 saturated heterocycles. The minimum absolute atomic E-state index is 0.688. The van der Waals surface area contributed by atoms with Crippen molar-refractivity contribution in [1.29, 1.82) is 0 Å². The molecular formula is C19H24N2O. The maximum absolute atomic E-state index is 5.87. The van der Waals surface area contributed by atoms with Crippen molar-refractivity contribution in [2.75, 3.05) is 6.61 Å². The van der Waals surface area contributed by atoms with Gasteiger partial charge in [-0.2, -0.15) is 0 Å². The highest BCUT2D eigenvalue weighted by atomic mass is 16.5. The number of hydrogen-bond acceptors (Lipinski definition) is 3. The number of hydrogen-bond donors (Lipinski definition) is 0. The molecule has 1 aromatic carbocycles. The Kier molecular flexibility index (Phi) is 4.71. The van der Waals surface area contributed by atoms with Crippen molar-refractivity contribution in [3.05, 3.63) is 42.2 Å². The molecule has 0 radical (unpaired) electrons. The van der Waals surface area contributed by atoms with Crippen LogP contribution in [0.3, 0.4) is 0 Å². The zero-order chi connectivity index (χ0) is 15.4. The zero-order valence-corrected chi connectivity index (χ0v) is 13.5. The highest BCUT2D eigenvalue weighted by Gasteiger charge is 2.18. The molecule has 0 atom stereocenters. The van der Waals surface area contributed by atoms with E-state index >= 15 is 0 Å². The lowest BCUT2D eigenvalue weighted by Crippen LogP contribution is -2.18. The van der Waals surface area contributed by atoms with Crippen LogP contribution in [0.1, 0.15) is 38.2 Å². The molecule has 1 fully saturated rings. The summed E-state index contributed by atoms with van der Waals surface area (Å²) < 4.78 is 5.87. The van der Waals surface area contributed by atoms with Crippen LogP contribution in [0.25, 0.3) is 11.4 Å². The second-order valence-corrected chi connectivity index (χ2v) is 6.55. The number of ether oxygens (including phenoxy) is 1. The Bertz CT molecular complexity index is 584. The molecule has 0 amide bonds. The van der Waals surface area contributed by atoms with Crippen LogP contribution in [0.2, 0.25) is 0 Å². The first-order valence-electron chi connectivity index (χ1n) is 8.22. The zero-order valence-electron chi connectivity index (χ0n) is 13.5. The predicted octanol–water partition coefficient (Wildman–Crippen LogP) is 4.66. The quantitative estimate of drug-likeness (QED) is 0.823. The van der Waals surface area contributed by atoms with Gasteiger partial charge in [-0.25, -0.2) is 9.97 Å². The van der Waals surface area contributed by atoms with E-state index in [1.165, 1.54) is 31.2 Å². The molecule has 1 heterocycles. The smallest absolute Gasteiger partial charge is 0.159 e. The fraction of sp³-hybridized carbons (Fsp3) is 0.474. The third-order valence-corrected chi connectivity index (χ3v) is 4.56. The maximum Gasteiger partial charge on any atom is 0.159 e. The number of nitrogens with zero attached hydrogens (tertiary/aromatic N) is 2. The normalized spacial score (nSPS) is 21.5. The van der Waals surface area contributed by atoms with Crippen molar-refractivity contribution >= 4 is 0 Å². The highest BCUT2D eigenvalue weighted by molar-refractivity contribution is 5.55. The summed E-state index contributed by atoms with van der Waals surface area (Å²) in [5, 5.41) is 0. The van der Waals surface area contributed by atoms with Crippen LogP contribution in [0, 0.1) is 18.8 Å². The molecular weight excluding hydrogens is 272 g/mol. The van der Waals surface area contributed by atoms with E-state index in [-0.39, 0.29) is 0 Å². The summed E-state index contributed by atoms with van der Waals surface area (Å²) in [5.74, 6) is 3.09. The molecule has 3 nitrogen and oxygen atoms in total. The van der Waals surface area contributed by atoms with Crippen molar-refractivity contribution in [2.24, 2.45) is 11.8 Å². The maximum atomic E-state index is 5.87. The largest absolute Gasteiger partial charge is 0.490 e. The van der Waals surface area contributed by atoms with Crippen molar-refractivity contribution in [3.8, 4) is 17.1 Å². The number of benzene rings is 1. The Morgan fingerprint density at radius 1 is 1.00 bits per heavy atom. The van der Waals surface area contributed by atoms with Gasteiger partial charge in [0.25, 0.3) is 0 Å². The summed E-state index contributed by atoms with van der Waals surface area (Å²) in [6, 6.07) is 8.25. The van der Waals surface area contributed by atoms with Gasteiger partial charge in [-0.15, -0.1) is 0 Å². The fourth-order valence-electron chi connectivity index (χ4n) is 2.95. The Hall–Kier alpha value is -1.90. The van der Waals surface area contributed by atoms with Crippen molar-refractivity contribution in [3.63, 3.8) is 0 Å². The third kappa shape index (κ3) is 3.85. The Balaban J connectivity index is 1.56. The van der Waals surface area contributed by atoms with Gasteiger partial charge in [-0.1, -0.05) is 49.6 Å². The van der Waals surface area contributed by atoms with Gasteiger partial charge in [-0.05, 0) is 31.6 Å². The number of aromatic nitrogens is 2. The summed E-state index contributed by atoms with van der Waals surface area (Å²) >= 11 is 0. The first-order valence-corrected chi connectivity index (χ1v) is 8.22. The lowest BCUT2D eigenvalue weighted by atomic mass is 9.83. The van der Waals surface area contributed by atoms with E-state index < -0.39 is 0 Å². The molecule has 0 aliphatic heterocycles. The molecule has 3 heteroatoms. The molecule has 0 N–H and O–H groups in total. The van der Waals surface area contributed by atoms with Gasteiger partial charge in [0.05, 0.1) is 19.0 Å². The van der Waals surface area contributed by atoms with Gasteiger partial charge < -0.3 is 4.74 Å². The second-order valence-electron chi connectivity index (χ2n) is 6.55. The molecule has 1 saturated carbocycles. The van der Waals surface area contributed by atoms with Gasteiger partial charge >= 0.3 is 0 Å². The Morgan fingerprint density at radius 2 is 1.64 bits per heavy atom. The van der Waals surface area contributed by atoms with E-state index in [1.807, 2.05) is 12.1 Å². The van der Waals surface area contributed by atoms with E-state index in [2.05, 4.69) is 35.9 Å². The first-order chi connectivity index (χ1) is 10.7. The van der Waals surface area contributed by atoms with Crippen LogP contribution in [0.4, 0.5) is 0 Å². The molecule has 1 aliphatic rings. The summed E-state index contributed by atoms with van der Waals surface area (Å²) in [4.78, 5) is 8.84. The van der Waals surface area contributed by atoms with Gasteiger partial charge in [0.1, 0.15) is 0 Å². The van der Waals surface area contributed by atoms with Crippen LogP contribution >= 0.6 is 0 Å². The first kappa shape index (κ1) is 15.0. The van der Waals surface area contributed by atoms with Crippen molar-refractivity contribution in [1.82, 2.24) is 9.97 Å². The summed E-state index contributed by atoms with van der Waals surface area (Å²) in [6.45, 7) is 5.21. The van der Waals surface area contributed by atoms with Gasteiger partial charge in [0.15, 0.2) is 11.6 Å². The lowest BCUT2D eigenvalue weighted by Gasteiger charge is -2.25. The van der Waals surface area contributed by atoms with Crippen LogP contribution in [0.15, 0.2) is 36.7 Å². The Labute approximate surface area is 132 Å². The summed E-state index contributed by atoms with van der Waals surface area (Å²) in [7, 11) is 0. The average Bonchev–Trinajstić information content (AvgIpc) is 2.56. The van der Waals surface area contributed by atoms with E-state index in [0.717, 1.165) is 29.7 Å². The SMILES string of the molecule is Cc1ccc(-c2ncc(OCC3CCC(C)CC3)cn2)cc1. The fourth-order valence-corrected chi connectivity index (χ4v) is 2.95. The third-order valence-electron chi connectivity index (χ3n) is 4.56. The highest BCUT2D eigenvalue weighted by Crippen LogP contribution is 2.28. The van der Waals surface area contributed by atoms with Crippen LogP contribution in [-0.2, 0) is 0 Å². The minimum Gasteiger partial charge on any atom is -0.490 e. The average molecular weight is 296 g/mol. The lowest BCUT2D eigenvalue weighted by molar-refractivity contribution is 0.187. The van der Waals surface area contributed by atoms with Gasteiger partial charge in [0.2, 0.25) is 0 Å². The standard InChI is InChI=1S/C19H24N2O/c1-14-3-7-16(8-4-14)13-22-18-11-20-19(21-12-18)17-9-5-15(2)6-10-17/h5-6,9-12,14,16H,3-4,7-8,13H2,1-2H3. The minimum atomic E-state index is 0.688. The van der Waals surface area contributed by atoms with E-state index in [9.17, 15) is 0 Å². The van der Waals surface area contributed by atoms with Crippen molar-refractivity contribution in [2.45, 2.75) is 39.5 Å². The molecule has 0 unspecified atom stereocenters. The topological polar surface area (TPSA) is 35.0 Å².